The maximum atomic E-state index is 13.2. The summed E-state index contributed by atoms with van der Waals surface area (Å²) in [5.74, 6) is 2.66. The first-order valence-corrected chi connectivity index (χ1v) is 12.5. The van der Waals surface area contributed by atoms with Crippen molar-refractivity contribution >= 4 is 29.3 Å². The van der Waals surface area contributed by atoms with Gasteiger partial charge in [0.15, 0.2) is 0 Å². The Labute approximate surface area is 200 Å². The second-order valence-corrected chi connectivity index (χ2v) is 10.1. The molecule has 2 saturated carbocycles. The first kappa shape index (κ1) is 22.4. The zero-order valence-corrected chi connectivity index (χ0v) is 19.7. The lowest BCUT2D eigenvalue weighted by atomic mass is 10.1. The second-order valence-electron chi connectivity index (χ2n) is 9.69. The Bertz CT molecular complexity index is 998. The molecule has 176 valence electrons. The lowest BCUT2D eigenvalue weighted by Gasteiger charge is -2.21. The number of piperidine rings is 1. The van der Waals surface area contributed by atoms with E-state index in [0.29, 0.717) is 34.5 Å². The van der Waals surface area contributed by atoms with Gasteiger partial charge in [0, 0.05) is 36.9 Å². The number of nitrogens with zero attached hydrogens (tertiary/aromatic N) is 3. The number of amides is 1. The smallest absolute Gasteiger partial charge is 0.256 e. The zero-order chi connectivity index (χ0) is 22.8. The van der Waals surface area contributed by atoms with Crippen LogP contribution in [0.4, 0.5) is 11.8 Å². The number of aliphatic hydroxyl groups is 1. The summed E-state index contributed by atoms with van der Waals surface area (Å²) in [5, 5.41) is 16.5. The fourth-order valence-electron chi connectivity index (χ4n) is 5.09. The SMILES string of the molecule is O=C(NC1CCCCCC1)c1cnc(N2CC3CC3C2)nc1NCc1ccc(CO)c(Cl)c1. The standard InChI is InChI=1S/C25H32ClN5O2/c26-22-9-16(7-8-17(22)15-32)11-27-23-21(24(33)29-20-5-3-1-2-4-6-20)12-28-25(30-23)31-13-18-10-19(18)14-31/h7-9,12,18-20,32H,1-6,10-11,13-15H2,(H,29,33)(H,27,28,30). The second kappa shape index (κ2) is 9.85. The van der Waals surface area contributed by atoms with Crippen LogP contribution in [0, 0.1) is 11.8 Å². The number of nitrogens with one attached hydrogen (secondary N) is 2. The van der Waals surface area contributed by atoms with Gasteiger partial charge in [0.25, 0.3) is 5.91 Å². The molecule has 1 aromatic heterocycles. The Kier molecular flexibility index (Phi) is 6.69. The lowest BCUT2D eigenvalue weighted by Crippen LogP contribution is -2.35. The van der Waals surface area contributed by atoms with Crippen LogP contribution in [0.1, 0.15) is 66.4 Å². The molecule has 1 amide bonds. The van der Waals surface area contributed by atoms with Gasteiger partial charge in [-0.05, 0) is 48.3 Å². The van der Waals surface area contributed by atoms with E-state index in [4.69, 9.17) is 16.6 Å². The number of aliphatic hydroxyl groups excluding tert-OH is 1. The number of carbonyl (C=O) groups is 1. The van der Waals surface area contributed by atoms with Crippen LogP contribution in [0.25, 0.3) is 0 Å². The first-order valence-electron chi connectivity index (χ1n) is 12.2. The van der Waals surface area contributed by atoms with Crippen molar-refractivity contribution in [2.24, 2.45) is 11.8 Å². The predicted molar refractivity (Wildman–Crippen MR) is 129 cm³/mol. The van der Waals surface area contributed by atoms with Gasteiger partial charge in [-0.15, -0.1) is 0 Å². The van der Waals surface area contributed by atoms with Gasteiger partial charge in [0.05, 0.1) is 6.61 Å². The number of hydrogen-bond donors (Lipinski definition) is 3. The molecule has 0 bridgehead atoms. The number of benzene rings is 1. The Morgan fingerprint density at radius 3 is 2.61 bits per heavy atom. The molecule has 1 aromatic carbocycles. The molecular formula is C25H32ClN5O2. The van der Waals surface area contributed by atoms with Crippen LogP contribution in [0.3, 0.4) is 0 Å². The number of rotatable bonds is 7. The minimum atomic E-state index is -0.117. The van der Waals surface area contributed by atoms with Crippen molar-refractivity contribution in [3.05, 3.63) is 46.1 Å². The summed E-state index contributed by atoms with van der Waals surface area (Å²) in [6.07, 6.45) is 9.84. The van der Waals surface area contributed by atoms with E-state index in [1.165, 1.54) is 19.3 Å². The predicted octanol–water partition coefficient (Wildman–Crippen LogP) is 4.14. The van der Waals surface area contributed by atoms with E-state index in [2.05, 4.69) is 20.5 Å². The molecule has 2 atom stereocenters. The molecule has 3 N–H and O–H groups in total. The third kappa shape index (κ3) is 5.25. The van der Waals surface area contributed by atoms with Gasteiger partial charge in [-0.1, -0.05) is 49.4 Å². The van der Waals surface area contributed by atoms with Crippen LogP contribution >= 0.6 is 11.6 Å². The van der Waals surface area contributed by atoms with E-state index in [1.54, 1.807) is 6.20 Å². The van der Waals surface area contributed by atoms with Gasteiger partial charge >= 0.3 is 0 Å². The van der Waals surface area contributed by atoms with Gasteiger partial charge in [0.2, 0.25) is 5.95 Å². The van der Waals surface area contributed by atoms with Crippen molar-refractivity contribution in [1.82, 2.24) is 15.3 Å². The van der Waals surface area contributed by atoms with Crippen molar-refractivity contribution in [2.75, 3.05) is 23.3 Å². The number of carbonyl (C=O) groups excluding carboxylic acids is 1. The van der Waals surface area contributed by atoms with E-state index in [9.17, 15) is 9.90 Å². The quantitative estimate of drug-likeness (QED) is 0.528. The van der Waals surface area contributed by atoms with Gasteiger partial charge in [-0.25, -0.2) is 4.98 Å². The molecule has 3 fully saturated rings. The Hall–Kier alpha value is -2.38. The van der Waals surface area contributed by atoms with Crippen LogP contribution in [0.15, 0.2) is 24.4 Å². The highest BCUT2D eigenvalue weighted by atomic mass is 35.5. The third-order valence-corrected chi connectivity index (χ3v) is 7.57. The summed E-state index contributed by atoms with van der Waals surface area (Å²) in [6, 6.07) is 5.79. The largest absolute Gasteiger partial charge is 0.392 e. The van der Waals surface area contributed by atoms with Gasteiger partial charge < -0.3 is 20.6 Å². The van der Waals surface area contributed by atoms with E-state index >= 15 is 0 Å². The van der Waals surface area contributed by atoms with E-state index in [1.807, 2.05) is 18.2 Å². The molecule has 2 heterocycles. The Morgan fingerprint density at radius 2 is 1.91 bits per heavy atom. The Morgan fingerprint density at radius 1 is 1.15 bits per heavy atom. The fourth-order valence-corrected chi connectivity index (χ4v) is 5.35. The molecule has 0 radical (unpaired) electrons. The fraction of sp³-hybridized carbons (Fsp3) is 0.560. The van der Waals surface area contributed by atoms with Crippen LogP contribution < -0.4 is 15.5 Å². The molecule has 33 heavy (non-hydrogen) atoms. The molecule has 8 heteroatoms. The lowest BCUT2D eigenvalue weighted by molar-refractivity contribution is 0.0933. The highest BCUT2D eigenvalue weighted by Gasteiger charge is 2.46. The van der Waals surface area contributed by atoms with Crippen LogP contribution in [0.2, 0.25) is 5.02 Å². The van der Waals surface area contributed by atoms with Gasteiger partial charge in [0.1, 0.15) is 11.4 Å². The van der Waals surface area contributed by atoms with Crippen molar-refractivity contribution in [2.45, 2.75) is 64.1 Å². The van der Waals surface area contributed by atoms with E-state index in [-0.39, 0.29) is 18.6 Å². The number of hydrogen-bond acceptors (Lipinski definition) is 6. The summed E-state index contributed by atoms with van der Waals surface area (Å²) in [5.41, 5.74) is 2.13. The number of fused-ring (bicyclic) bond motifs is 1. The molecule has 0 spiro atoms. The molecule has 1 saturated heterocycles. The van der Waals surface area contributed by atoms with E-state index in [0.717, 1.165) is 56.2 Å². The van der Waals surface area contributed by atoms with Crippen molar-refractivity contribution < 1.29 is 9.90 Å². The van der Waals surface area contributed by atoms with Crippen molar-refractivity contribution in [3.8, 4) is 0 Å². The minimum Gasteiger partial charge on any atom is -0.392 e. The maximum Gasteiger partial charge on any atom is 0.256 e. The van der Waals surface area contributed by atoms with Crippen LogP contribution in [0.5, 0.6) is 0 Å². The highest BCUT2D eigenvalue weighted by Crippen LogP contribution is 2.45. The van der Waals surface area contributed by atoms with Crippen molar-refractivity contribution in [3.63, 3.8) is 0 Å². The van der Waals surface area contributed by atoms with Crippen LogP contribution in [-0.2, 0) is 13.2 Å². The molecule has 7 nitrogen and oxygen atoms in total. The summed E-state index contributed by atoms with van der Waals surface area (Å²) in [7, 11) is 0. The topological polar surface area (TPSA) is 90.4 Å². The highest BCUT2D eigenvalue weighted by molar-refractivity contribution is 6.31. The minimum absolute atomic E-state index is 0.0921. The number of anilines is 2. The average Bonchev–Trinajstić information content (AvgIpc) is 3.52. The summed E-state index contributed by atoms with van der Waals surface area (Å²) < 4.78 is 0. The van der Waals surface area contributed by atoms with Gasteiger partial charge in [-0.2, -0.15) is 4.98 Å². The first-order chi connectivity index (χ1) is 16.1. The van der Waals surface area contributed by atoms with Gasteiger partial charge in [-0.3, -0.25) is 4.79 Å². The molecule has 1 aliphatic heterocycles. The summed E-state index contributed by atoms with van der Waals surface area (Å²) in [4.78, 5) is 24.8. The Balaban J connectivity index is 1.34. The summed E-state index contributed by atoms with van der Waals surface area (Å²) >= 11 is 6.26. The van der Waals surface area contributed by atoms with Crippen LogP contribution in [-0.4, -0.2) is 40.1 Å². The maximum absolute atomic E-state index is 13.2. The molecule has 2 aliphatic carbocycles. The molecule has 3 aliphatic rings. The normalized spacial score (nSPS) is 22.5. The summed E-state index contributed by atoms with van der Waals surface area (Å²) in [6.45, 7) is 2.37. The number of halogens is 1. The molecule has 2 unspecified atom stereocenters. The monoisotopic (exact) mass is 469 g/mol. The number of aromatic nitrogens is 2. The van der Waals surface area contributed by atoms with Crippen molar-refractivity contribution in [1.29, 1.82) is 0 Å². The molecule has 5 rings (SSSR count). The van der Waals surface area contributed by atoms with E-state index < -0.39 is 0 Å². The zero-order valence-electron chi connectivity index (χ0n) is 18.9. The average molecular weight is 470 g/mol. The molecular weight excluding hydrogens is 438 g/mol. The molecule has 2 aromatic rings. The third-order valence-electron chi connectivity index (χ3n) is 7.22.